The molecular weight excluding hydrogens is 287 g/mol. The number of hydrogen-bond donors (Lipinski definition) is 2. The van der Waals surface area contributed by atoms with Crippen LogP contribution in [0.15, 0.2) is 18.2 Å². The quantitative estimate of drug-likeness (QED) is 0.842. The average Bonchev–Trinajstić information content (AvgIpc) is 2.82. The summed E-state index contributed by atoms with van der Waals surface area (Å²) in [5, 5.41) is 2.75. The van der Waals surface area contributed by atoms with E-state index in [0.29, 0.717) is 23.2 Å². The Balaban J connectivity index is 2.24. The third-order valence-electron chi connectivity index (χ3n) is 3.61. The maximum atomic E-state index is 12.1. The lowest BCUT2D eigenvalue weighted by Crippen LogP contribution is -2.26. The van der Waals surface area contributed by atoms with Gasteiger partial charge in [0, 0.05) is 11.3 Å². The molecule has 1 aromatic carbocycles. The van der Waals surface area contributed by atoms with Crippen molar-refractivity contribution in [1.82, 2.24) is 0 Å². The number of primary amides is 1. The van der Waals surface area contributed by atoms with E-state index in [1.54, 1.807) is 32.0 Å². The number of anilines is 1. The molecule has 1 unspecified atom stereocenters. The molecule has 0 aliphatic heterocycles. The second kappa shape index (κ2) is 4.39. The molecule has 19 heavy (non-hydrogen) atoms. The van der Waals surface area contributed by atoms with Crippen LogP contribution in [0.3, 0.4) is 0 Å². The number of nitrogens with two attached hydrogens (primary N) is 1. The summed E-state index contributed by atoms with van der Waals surface area (Å²) in [6.07, 6.45) is 0.406. The molecule has 1 aliphatic carbocycles. The molecule has 0 bridgehead atoms. The summed E-state index contributed by atoms with van der Waals surface area (Å²) >= 11 is 11.9. The van der Waals surface area contributed by atoms with Gasteiger partial charge in [-0.25, -0.2) is 0 Å². The Hall–Kier alpha value is -1.26. The lowest BCUT2D eigenvalue weighted by atomic mass is 10.0. The first-order valence-electron chi connectivity index (χ1n) is 5.78. The number of carbonyl (C=O) groups excluding carboxylic acids is 2. The van der Waals surface area contributed by atoms with Crippen LogP contribution in [-0.4, -0.2) is 16.1 Å². The largest absolute Gasteiger partial charge is 0.366 e. The smallest absolute Gasteiger partial charge is 0.249 e. The van der Waals surface area contributed by atoms with Crippen molar-refractivity contribution in [2.45, 2.75) is 24.6 Å². The molecule has 0 heterocycles. The molecule has 1 aromatic rings. The van der Waals surface area contributed by atoms with E-state index in [9.17, 15) is 9.59 Å². The van der Waals surface area contributed by atoms with Gasteiger partial charge in [0.15, 0.2) is 0 Å². The van der Waals surface area contributed by atoms with Crippen molar-refractivity contribution in [1.29, 1.82) is 0 Å². The van der Waals surface area contributed by atoms with Gasteiger partial charge in [0.25, 0.3) is 0 Å². The number of rotatable bonds is 3. The number of halogens is 2. The van der Waals surface area contributed by atoms with E-state index in [4.69, 9.17) is 28.9 Å². The van der Waals surface area contributed by atoms with E-state index in [0.717, 1.165) is 0 Å². The summed E-state index contributed by atoms with van der Waals surface area (Å²) in [7, 11) is 0. The van der Waals surface area contributed by atoms with Crippen LogP contribution in [0, 0.1) is 12.3 Å². The number of amides is 2. The number of carbonyl (C=O) groups is 2. The van der Waals surface area contributed by atoms with Crippen LogP contribution in [-0.2, 0) is 4.79 Å². The molecular formula is C13H14Cl2N2O2. The summed E-state index contributed by atoms with van der Waals surface area (Å²) in [6, 6.07) is 4.97. The minimum atomic E-state index is -1.02. The molecule has 102 valence electrons. The highest BCUT2D eigenvalue weighted by atomic mass is 35.5. The van der Waals surface area contributed by atoms with Gasteiger partial charge >= 0.3 is 0 Å². The van der Waals surface area contributed by atoms with Crippen LogP contribution < -0.4 is 11.1 Å². The standard InChI is InChI=1S/C13H14Cl2N2O2/c1-7-8(10(16)18)4-3-5-9(7)17-11(19)12(2)6-13(12,14)15/h3-5H,6H2,1-2H3,(H2,16,18)(H,17,19). The summed E-state index contributed by atoms with van der Waals surface area (Å²) in [5.74, 6) is -0.794. The Labute approximate surface area is 121 Å². The molecule has 1 aliphatic rings. The minimum absolute atomic E-state index is 0.262. The van der Waals surface area contributed by atoms with E-state index in [1.807, 2.05) is 0 Å². The molecule has 3 N–H and O–H groups in total. The van der Waals surface area contributed by atoms with Crippen molar-refractivity contribution < 1.29 is 9.59 Å². The average molecular weight is 301 g/mol. The van der Waals surface area contributed by atoms with Gasteiger partial charge in [-0.3, -0.25) is 9.59 Å². The van der Waals surface area contributed by atoms with Gasteiger partial charge in [0.2, 0.25) is 11.8 Å². The number of benzene rings is 1. The van der Waals surface area contributed by atoms with Crippen LogP contribution in [0.1, 0.15) is 29.3 Å². The van der Waals surface area contributed by atoms with Gasteiger partial charge in [-0.1, -0.05) is 6.07 Å². The number of alkyl halides is 2. The van der Waals surface area contributed by atoms with Crippen LogP contribution in [0.2, 0.25) is 0 Å². The van der Waals surface area contributed by atoms with Crippen molar-refractivity contribution in [2.75, 3.05) is 5.32 Å². The SMILES string of the molecule is Cc1c(NC(=O)C2(C)CC2(Cl)Cl)cccc1C(N)=O. The molecule has 6 heteroatoms. The summed E-state index contributed by atoms with van der Waals surface area (Å²) in [5.41, 5.74) is 6.01. The molecule has 0 radical (unpaired) electrons. The zero-order valence-corrected chi connectivity index (χ0v) is 12.1. The molecule has 0 spiro atoms. The summed E-state index contributed by atoms with van der Waals surface area (Å²) in [4.78, 5) is 23.4. The van der Waals surface area contributed by atoms with Crippen LogP contribution >= 0.6 is 23.2 Å². The fraction of sp³-hybridized carbons (Fsp3) is 0.385. The van der Waals surface area contributed by atoms with Gasteiger partial charge in [-0.15, -0.1) is 23.2 Å². The molecule has 0 saturated heterocycles. The third kappa shape index (κ3) is 2.30. The predicted octanol–water partition coefficient (Wildman–Crippen LogP) is 2.62. The maximum absolute atomic E-state index is 12.1. The Morgan fingerprint density at radius 2 is 1.95 bits per heavy atom. The van der Waals surface area contributed by atoms with E-state index in [2.05, 4.69) is 5.32 Å². The first-order valence-corrected chi connectivity index (χ1v) is 6.53. The normalized spacial score (nSPS) is 23.8. The Bertz CT molecular complexity index is 572. The Morgan fingerprint density at radius 1 is 1.37 bits per heavy atom. The van der Waals surface area contributed by atoms with Gasteiger partial charge in [-0.2, -0.15) is 0 Å². The van der Waals surface area contributed by atoms with Crippen LogP contribution in [0.4, 0.5) is 5.69 Å². The van der Waals surface area contributed by atoms with Crippen molar-refractivity contribution in [2.24, 2.45) is 11.1 Å². The predicted molar refractivity (Wildman–Crippen MR) is 75.5 cm³/mol. The Kier molecular flexibility index (Phi) is 3.27. The molecule has 0 aromatic heterocycles. The summed E-state index contributed by atoms with van der Waals surface area (Å²) in [6.45, 7) is 3.43. The van der Waals surface area contributed by atoms with E-state index < -0.39 is 15.7 Å². The zero-order chi connectivity index (χ0) is 14.4. The monoisotopic (exact) mass is 300 g/mol. The first kappa shape index (κ1) is 14.2. The van der Waals surface area contributed by atoms with E-state index in [-0.39, 0.29) is 5.91 Å². The maximum Gasteiger partial charge on any atom is 0.249 e. The van der Waals surface area contributed by atoms with Crippen molar-refractivity contribution in [3.63, 3.8) is 0 Å². The lowest BCUT2D eigenvalue weighted by Gasteiger charge is -2.15. The third-order valence-corrected chi connectivity index (χ3v) is 4.71. The van der Waals surface area contributed by atoms with E-state index in [1.165, 1.54) is 0 Å². The molecule has 1 saturated carbocycles. The lowest BCUT2D eigenvalue weighted by molar-refractivity contribution is -0.120. The molecule has 2 amide bonds. The first-order chi connectivity index (χ1) is 8.69. The van der Waals surface area contributed by atoms with Crippen LogP contribution in [0.25, 0.3) is 0 Å². The second-order valence-electron chi connectivity index (χ2n) is 5.01. The second-order valence-corrected chi connectivity index (χ2v) is 6.49. The number of hydrogen-bond acceptors (Lipinski definition) is 2. The Morgan fingerprint density at radius 3 is 2.42 bits per heavy atom. The van der Waals surface area contributed by atoms with Crippen LogP contribution in [0.5, 0.6) is 0 Å². The van der Waals surface area contributed by atoms with Crippen molar-refractivity contribution >= 4 is 40.7 Å². The highest BCUT2D eigenvalue weighted by molar-refractivity contribution is 6.53. The molecule has 2 rings (SSSR count). The minimum Gasteiger partial charge on any atom is -0.366 e. The summed E-state index contributed by atoms with van der Waals surface area (Å²) < 4.78 is -1.02. The van der Waals surface area contributed by atoms with Crippen molar-refractivity contribution in [3.8, 4) is 0 Å². The highest BCUT2D eigenvalue weighted by Gasteiger charge is 2.67. The zero-order valence-electron chi connectivity index (χ0n) is 10.6. The topological polar surface area (TPSA) is 72.2 Å². The highest BCUT2D eigenvalue weighted by Crippen LogP contribution is 2.64. The van der Waals surface area contributed by atoms with E-state index >= 15 is 0 Å². The molecule has 1 atom stereocenters. The molecule has 1 fully saturated rings. The molecule has 4 nitrogen and oxygen atoms in total. The fourth-order valence-corrected chi connectivity index (χ4v) is 2.65. The van der Waals surface area contributed by atoms with Gasteiger partial charge < -0.3 is 11.1 Å². The van der Waals surface area contributed by atoms with Crippen molar-refractivity contribution in [3.05, 3.63) is 29.3 Å². The fourth-order valence-electron chi connectivity index (χ4n) is 1.94. The van der Waals surface area contributed by atoms with Gasteiger partial charge in [-0.05, 0) is 38.0 Å². The van der Waals surface area contributed by atoms with Gasteiger partial charge in [0.1, 0.15) is 4.33 Å². The van der Waals surface area contributed by atoms with Gasteiger partial charge in [0.05, 0.1) is 5.41 Å². The number of nitrogens with one attached hydrogen (secondary N) is 1.